The van der Waals surface area contributed by atoms with Crippen molar-refractivity contribution >= 4 is 12.0 Å². The van der Waals surface area contributed by atoms with Gasteiger partial charge in [0.05, 0.1) is 0 Å². The van der Waals surface area contributed by atoms with Crippen molar-refractivity contribution in [1.82, 2.24) is 10.6 Å². The standard InChI is InChI=1S/C9H16N2O3/c1-4-6(3)10-9(14)11-7(5-2)8(12)13/h4,6-7H,1,5H2,2-3H3,(H,12,13)(H2,10,11,14). The first-order chi connectivity index (χ1) is 6.51. The fourth-order valence-corrected chi connectivity index (χ4v) is 0.804. The monoisotopic (exact) mass is 200 g/mol. The Kier molecular flexibility index (Phi) is 5.36. The molecule has 2 unspecified atom stereocenters. The van der Waals surface area contributed by atoms with Gasteiger partial charge in [-0.3, -0.25) is 0 Å². The van der Waals surface area contributed by atoms with Crippen LogP contribution in [0.15, 0.2) is 12.7 Å². The van der Waals surface area contributed by atoms with E-state index in [0.717, 1.165) is 0 Å². The number of amides is 2. The molecule has 0 bridgehead atoms. The minimum Gasteiger partial charge on any atom is -0.480 e. The lowest BCUT2D eigenvalue weighted by Crippen LogP contribution is -2.47. The van der Waals surface area contributed by atoms with E-state index in [0.29, 0.717) is 6.42 Å². The summed E-state index contributed by atoms with van der Waals surface area (Å²) in [6.07, 6.45) is 1.91. The van der Waals surface area contributed by atoms with Gasteiger partial charge in [-0.25, -0.2) is 9.59 Å². The molecule has 2 amide bonds. The van der Waals surface area contributed by atoms with Crippen molar-refractivity contribution < 1.29 is 14.7 Å². The van der Waals surface area contributed by atoms with Crippen molar-refractivity contribution in [2.24, 2.45) is 0 Å². The average Bonchev–Trinajstić information content (AvgIpc) is 2.13. The molecule has 0 rings (SSSR count). The van der Waals surface area contributed by atoms with Crippen LogP contribution in [0.3, 0.4) is 0 Å². The van der Waals surface area contributed by atoms with Crippen molar-refractivity contribution in [3.05, 3.63) is 12.7 Å². The maximum atomic E-state index is 11.2. The number of nitrogens with one attached hydrogen (secondary N) is 2. The van der Waals surface area contributed by atoms with E-state index in [1.165, 1.54) is 0 Å². The summed E-state index contributed by atoms with van der Waals surface area (Å²) >= 11 is 0. The summed E-state index contributed by atoms with van der Waals surface area (Å²) in [5.41, 5.74) is 0. The summed E-state index contributed by atoms with van der Waals surface area (Å²) in [4.78, 5) is 21.7. The number of carboxylic acids is 1. The quantitative estimate of drug-likeness (QED) is 0.572. The lowest BCUT2D eigenvalue weighted by Gasteiger charge is -2.15. The molecule has 0 aliphatic carbocycles. The molecule has 0 saturated carbocycles. The predicted molar refractivity (Wildman–Crippen MR) is 53.0 cm³/mol. The third-order valence-corrected chi connectivity index (χ3v) is 1.72. The van der Waals surface area contributed by atoms with E-state index in [2.05, 4.69) is 17.2 Å². The van der Waals surface area contributed by atoms with Gasteiger partial charge in [0.1, 0.15) is 6.04 Å². The molecule has 0 heterocycles. The number of hydrogen-bond acceptors (Lipinski definition) is 2. The van der Waals surface area contributed by atoms with Gasteiger partial charge in [-0.2, -0.15) is 0 Å². The highest BCUT2D eigenvalue weighted by atomic mass is 16.4. The first kappa shape index (κ1) is 12.5. The van der Waals surface area contributed by atoms with Crippen LogP contribution in [-0.4, -0.2) is 29.2 Å². The van der Waals surface area contributed by atoms with Gasteiger partial charge < -0.3 is 15.7 Å². The highest BCUT2D eigenvalue weighted by Gasteiger charge is 2.17. The second kappa shape index (κ2) is 6.01. The lowest BCUT2D eigenvalue weighted by molar-refractivity contribution is -0.139. The topological polar surface area (TPSA) is 78.4 Å². The Hall–Kier alpha value is -1.52. The summed E-state index contributed by atoms with van der Waals surface area (Å²) in [6, 6.07) is -1.51. The van der Waals surface area contributed by atoms with Gasteiger partial charge in [-0.15, -0.1) is 6.58 Å². The van der Waals surface area contributed by atoms with Crippen molar-refractivity contribution in [2.45, 2.75) is 32.4 Å². The fraction of sp³-hybridized carbons (Fsp3) is 0.556. The van der Waals surface area contributed by atoms with E-state index in [1.807, 2.05) is 0 Å². The van der Waals surface area contributed by atoms with Crippen LogP contribution in [0.25, 0.3) is 0 Å². The van der Waals surface area contributed by atoms with E-state index in [4.69, 9.17) is 5.11 Å². The molecule has 14 heavy (non-hydrogen) atoms. The molecule has 0 spiro atoms. The van der Waals surface area contributed by atoms with Crippen LogP contribution in [-0.2, 0) is 4.79 Å². The van der Waals surface area contributed by atoms with Crippen LogP contribution in [0.2, 0.25) is 0 Å². The van der Waals surface area contributed by atoms with E-state index in [9.17, 15) is 9.59 Å². The van der Waals surface area contributed by atoms with Crippen LogP contribution in [0.5, 0.6) is 0 Å². The van der Waals surface area contributed by atoms with Crippen molar-refractivity contribution in [1.29, 1.82) is 0 Å². The summed E-state index contributed by atoms with van der Waals surface area (Å²) in [5, 5.41) is 13.5. The van der Waals surface area contributed by atoms with E-state index in [-0.39, 0.29) is 6.04 Å². The van der Waals surface area contributed by atoms with Crippen LogP contribution in [0.4, 0.5) is 4.79 Å². The summed E-state index contributed by atoms with van der Waals surface area (Å²) in [7, 11) is 0. The second-order valence-corrected chi connectivity index (χ2v) is 2.94. The maximum Gasteiger partial charge on any atom is 0.326 e. The molecule has 3 N–H and O–H groups in total. The zero-order valence-corrected chi connectivity index (χ0v) is 8.41. The van der Waals surface area contributed by atoms with Gasteiger partial charge in [0.15, 0.2) is 0 Å². The molecule has 5 nitrogen and oxygen atoms in total. The van der Waals surface area contributed by atoms with E-state index in [1.54, 1.807) is 19.9 Å². The molecule has 0 aliphatic rings. The summed E-state index contributed by atoms with van der Waals surface area (Å²) in [5.74, 6) is -1.03. The molecule has 0 aliphatic heterocycles. The zero-order valence-electron chi connectivity index (χ0n) is 8.41. The first-order valence-corrected chi connectivity index (χ1v) is 4.43. The van der Waals surface area contributed by atoms with Crippen LogP contribution < -0.4 is 10.6 Å². The average molecular weight is 200 g/mol. The number of hydrogen-bond donors (Lipinski definition) is 3. The van der Waals surface area contributed by atoms with Gasteiger partial charge >= 0.3 is 12.0 Å². The van der Waals surface area contributed by atoms with Crippen molar-refractivity contribution in [3.63, 3.8) is 0 Å². The number of carbonyl (C=O) groups is 2. The highest BCUT2D eigenvalue weighted by molar-refractivity contribution is 5.82. The summed E-state index contributed by atoms with van der Waals surface area (Å²) < 4.78 is 0. The lowest BCUT2D eigenvalue weighted by atomic mass is 10.2. The Morgan fingerprint density at radius 2 is 2.07 bits per heavy atom. The van der Waals surface area contributed by atoms with Crippen LogP contribution in [0.1, 0.15) is 20.3 Å². The minimum atomic E-state index is -1.03. The number of urea groups is 1. The molecular weight excluding hydrogens is 184 g/mol. The largest absolute Gasteiger partial charge is 0.480 e. The van der Waals surface area contributed by atoms with Crippen molar-refractivity contribution in [2.75, 3.05) is 0 Å². The zero-order chi connectivity index (χ0) is 11.1. The Morgan fingerprint density at radius 1 is 1.50 bits per heavy atom. The highest BCUT2D eigenvalue weighted by Crippen LogP contribution is 1.91. The first-order valence-electron chi connectivity index (χ1n) is 4.43. The normalized spacial score (nSPS) is 13.9. The molecule has 0 fully saturated rings. The van der Waals surface area contributed by atoms with Crippen LogP contribution >= 0.6 is 0 Å². The maximum absolute atomic E-state index is 11.2. The van der Waals surface area contributed by atoms with Gasteiger partial charge in [-0.1, -0.05) is 13.0 Å². The minimum absolute atomic E-state index is 0.179. The smallest absolute Gasteiger partial charge is 0.326 e. The van der Waals surface area contributed by atoms with Crippen molar-refractivity contribution in [3.8, 4) is 0 Å². The molecule has 0 saturated heterocycles. The SMILES string of the molecule is C=CC(C)NC(=O)NC(CC)C(=O)O. The fourth-order valence-electron chi connectivity index (χ4n) is 0.804. The molecule has 0 radical (unpaired) electrons. The molecule has 80 valence electrons. The van der Waals surface area contributed by atoms with Gasteiger partial charge in [0.25, 0.3) is 0 Å². The van der Waals surface area contributed by atoms with Gasteiger partial charge in [0.2, 0.25) is 0 Å². The Morgan fingerprint density at radius 3 is 2.43 bits per heavy atom. The molecule has 0 aromatic rings. The third kappa shape index (κ3) is 4.49. The molecule has 0 aromatic heterocycles. The number of rotatable bonds is 5. The van der Waals surface area contributed by atoms with Crippen LogP contribution in [0, 0.1) is 0 Å². The number of aliphatic carboxylic acids is 1. The Bertz CT molecular complexity index is 228. The van der Waals surface area contributed by atoms with E-state index >= 15 is 0 Å². The predicted octanol–water partition coefficient (Wildman–Crippen LogP) is 0.723. The second-order valence-electron chi connectivity index (χ2n) is 2.94. The molecule has 0 aromatic carbocycles. The van der Waals surface area contributed by atoms with Gasteiger partial charge in [0, 0.05) is 6.04 Å². The Balaban J connectivity index is 4.03. The molecule has 5 heteroatoms. The number of carboxylic acid groups (broad SMARTS) is 1. The molecule has 2 atom stereocenters. The van der Waals surface area contributed by atoms with E-state index < -0.39 is 18.0 Å². The number of carbonyl (C=O) groups excluding carboxylic acids is 1. The summed E-state index contributed by atoms with van der Waals surface area (Å²) in [6.45, 7) is 6.92. The third-order valence-electron chi connectivity index (χ3n) is 1.72. The Labute approximate surface area is 83.2 Å². The molecular formula is C9H16N2O3. The van der Waals surface area contributed by atoms with Gasteiger partial charge in [-0.05, 0) is 13.3 Å².